The smallest absolute Gasteiger partial charge is 0.316 e. The molecule has 4 N–H and O–H groups in total. The van der Waals surface area contributed by atoms with Gasteiger partial charge in [0.2, 0.25) is 0 Å². The lowest BCUT2D eigenvalue weighted by Gasteiger charge is -2.34. The van der Waals surface area contributed by atoms with Crippen LogP contribution in [0.15, 0.2) is 42.1 Å². The number of nitrogens with one attached hydrogen (secondary N) is 2. The number of nitrogens with two attached hydrogens (primary N) is 1. The third kappa shape index (κ3) is 2.06. The fourth-order valence-corrected chi connectivity index (χ4v) is 1.74. The monoisotopic (exact) mass is 217 g/mol. The molecule has 1 atom stereocenters. The number of amides is 2. The van der Waals surface area contributed by atoms with Gasteiger partial charge in [0.05, 0.1) is 0 Å². The molecule has 1 unspecified atom stereocenters. The van der Waals surface area contributed by atoms with Crippen molar-refractivity contribution in [2.24, 2.45) is 5.73 Å². The topological polar surface area (TPSA) is 67.2 Å². The molecule has 0 spiro atoms. The Morgan fingerprint density at radius 3 is 2.69 bits per heavy atom. The van der Waals surface area contributed by atoms with Crippen molar-refractivity contribution in [2.45, 2.75) is 19.0 Å². The molecular weight excluding hydrogens is 202 g/mol. The second-order valence-electron chi connectivity index (χ2n) is 4.06. The Morgan fingerprint density at radius 1 is 1.31 bits per heavy atom. The molecule has 1 aliphatic rings. The van der Waals surface area contributed by atoms with E-state index in [4.69, 9.17) is 5.73 Å². The lowest BCUT2D eigenvalue weighted by atomic mass is 9.93. The van der Waals surface area contributed by atoms with Crippen molar-refractivity contribution in [1.82, 2.24) is 10.6 Å². The Hall–Kier alpha value is -1.81. The van der Waals surface area contributed by atoms with Gasteiger partial charge in [-0.05, 0) is 18.1 Å². The van der Waals surface area contributed by atoms with Crippen LogP contribution in [0.5, 0.6) is 0 Å². The van der Waals surface area contributed by atoms with Crippen LogP contribution in [0, 0.1) is 0 Å². The molecule has 2 amide bonds. The Labute approximate surface area is 94.5 Å². The SMILES string of the molecule is CC1=CNC(=O)NC1(N)Cc1ccccc1. The van der Waals surface area contributed by atoms with Crippen LogP contribution in [-0.2, 0) is 6.42 Å². The van der Waals surface area contributed by atoms with E-state index in [0.29, 0.717) is 6.42 Å². The molecule has 16 heavy (non-hydrogen) atoms. The van der Waals surface area contributed by atoms with Gasteiger partial charge in [-0.2, -0.15) is 0 Å². The molecule has 4 heteroatoms. The Morgan fingerprint density at radius 2 is 2.00 bits per heavy atom. The van der Waals surface area contributed by atoms with Gasteiger partial charge in [-0.15, -0.1) is 0 Å². The van der Waals surface area contributed by atoms with Gasteiger partial charge in [0, 0.05) is 12.6 Å². The van der Waals surface area contributed by atoms with Crippen molar-refractivity contribution in [3.8, 4) is 0 Å². The Bertz CT molecular complexity index is 427. The van der Waals surface area contributed by atoms with Crippen molar-refractivity contribution >= 4 is 6.03 Å². The van der Waals surface area contributed by atoms with Crippen LogP contribution in [0.4, 0.5) is 4.79 Å². The van der Waals surface area contributed by atoms with Crippen LogP contribution in [0.25, 0.3) is 0 Å². The molecule has 0 radical (unpaired) electrons. The Balaban J connectivity index is 2.22. The third-order valence-electron chi connectivity index (χ3n) is 2.79. The summed E-state index contributed by atoms with van der Waals surface area (Å²) in [4.78, 5) is 11.3. The standard InChI is InChI=1S/C12H15N3O/c1-9-8-14-11(16)15-12(9,13)7-10-5-3-2-4-6-10/h2-6,8H,7,13H2,1H3,(H2,14,15,16). The van der Waals surface area contributed by atoms with Gasteiger partial charge in [0.15, 0.2) is 0 Å². The van der Waals surface area contributed by atoms with Gasteiger partial charge in [-0.25, -0.2) is 4.79 Å². The van der Waals surface area contributed by atoms with Gasteiger partial charge in [-0.3, -0.25) is 0 Å². The highest BCUT2D eigenvalue weighted by molar-refractivity contribution is 5.78. The number of urea groups is 1. The summed E-state index contributed by atoms with van der Waals surface area (Å²) in [5.41, 5.74) is 7.41. The fraction of sp³-hybridized carbons (Fsp3) is 0.250. The van der Waals surface area contributed by atoms with Gasteiger partial charge in [0.25, 0.3) is 0 Å². The number of hydrogen-bond acceptors (Lipinski definition) is 2. The van der Waals surface area contributed by atoms with Gasteiger partial charge in [-0.1, -0.05) is 30.3 Å². The molecule has 1 aromatic rings. The van der Waals surface area contributed by atoms with E-state index in [2.05, 4.69) is 10.6 Å². The summed E-state index contributed by atoms with van der Waals surface area (Å²) in [7, 11) is 0. The summed E-state index contributed by atoms with van der Waals surface area (Å²) in [6.45, 7) is 1.90. The lowest BCUT2D eigenvalue weighted by molar-refractivity contribution is 0.229. The van der Waals surface area contributed by atoms with E-state index in [1.807, 2.05) is 37.3 Å². The highest BCUT2D eigenvalue weighted by Crippen LogP contribution is 2.18. The van der Waals surface area contributed by atoms with Crippen LogP contribution in [0.2, 0.25) is 0 Å². The molecule has 0 aromatic heterocycles. The van der Waals surface area contributed by atoms with E-state index in [0.717, 1.165) is 11.1 Å². The molecular formula is C12H15N3O. The van der Waals surface area contributed by atoms with Crippen molar-refractivity contribution in [3.05, 3.63) is 47.7 Å². The molecule has 0 fully saturated rings. The van der Waals surface area contributed by atoms with Gasteiger partial charge >= 0.3 is 6.03 Å². The van der Waals surface area contributed by atoms with E-state index >= 15 is 0 Å². The lowest BCUT2D eigenvalue weighted by Crippen LogP contribution is -2.62. The number of carbonyl (C=O) groups is 1. The maximum Gasteiger partial charge on any atom is 0.320 e. The second-order valence-corrected chi connectivity index (χ2v) is 4.06. The molecule has 84 valence electrons. The minimum absolute atomic E-state index is 0.260. The molecule has 0 saturated carbocycles. The summed E-state index contributed by atoms with van der Waals surface area (Å²) in [5.74, 6) is 0. The van der Waals surface area contributed by atoms with Gasteiger partial charge in [0.1, 0.15) is 5.66 Å². The first kappa shape index (κ1) is 10.7. The van der Waals surface area contributed by atoms with Crippen LogP contribution in [-0.4, -0.2) is 11.7 Å². The molecule has 1 aromatic carbocycles. The summed E-state index contributed by atoms with van der Waals surface area (Å²) in [6, 6.07) is 9.60. The number of benzene rings is 1. The molecule has 0 bridgehead atoms. The second kappa shape index (κ2) is 3.98. The van der Waals surface area contributed by atoms with Crippen molar-refractivity contribution in [2.75, 3.05) is 0 Å². The highest BCUT2D eigenvalue weighted by Gasteiger charge is 2.32. The predicted molar refractivity (Wildman–Crippen MR) is 62.5 cm³/mol. The zero-order chi connectivity index (χ0) is 11.6. The number of carbonyl (C=O) groups excluding carboxylic acids is 1. The van der Waals surface area contributed by atoms with Crippen LogP contribution in [0.3, 0.4) is 0 Å². The molecule has 0 aliphatic carbocycles. The Kier molecular flexibility index (Phi) is 2.66. The highest BCUT2D eigenvalue weighted by atomic mass is 16.2. The quantitative estimate of drug-likeness (QED) is 0.694. The van der Waals surface area contributed by atoms with E-state index in [-0.39, 0.29) is 6.03 Å². The molecule has 1 heterocycles. The maximum absolute atomic E-state index is 11.3. The maximum atomic E-state index is 11.3. The van der Waals surface area contributed by atoms with Crippen molar-refractivity contribution in [1.29, 1.82) is 0 Å². The molecule has 4 nitrogen and oxygen atoms in total. The largest absolute Gasteiger partial charge is 0.320 e. The average Bonchev–Trinajstić information content (AvgIpc) is 2.25. The first-order valence-corrected chi connectivity index (χ1v) is 5.19. The zero-order valence-corrected chi connectivity index (χ0v) is 9.16. The minimum Gasteiger partial charge on any atom is -0.316 e. The van der Waals surface area contributed by atoms with Crippen molar-refractivity contribution in [3.63, 3.8) is 0 Å². The summed E-state index contributed by atoms with van der Waals surface area (Å²) in [5, 5.41) is 5.33. The van der Waals surface area contributed by atoms with Crippen LogP contribution >= 0.6 is 0 Å². The van der Waals surface area contributed by atoms with Gasteiger partial charge < -0.3 is 16.4 Å². The van der Waals surface area contributed by atoms with E-state index < -0.39 is 5.66 Å². The zero-order valence-electron chi connectivity index (χ0n) is 9.16. The molecule has 2 rings (SSSR count). The van der Waals surface area contributed by atoms with Crippen LogP contribution in [0.1, 0.15) is 12.5 Å². The number of hydrogen-bond donors (Lipinski definition) is 3. The van der Waals surface area contributed by atoms with E-state index in [9.17, 15) is 4.79 Å². The normalized spacial score (nSPS) is 24.4. The van der Waals surface area contributed by atoms with E-state index in [1.54, 1.807) is 6.20 Å². The first-order valence-electron chi connectivity index (χ1n) is 5.19. The first-order chi connectivity index (χ1) is 7.60. The van der Waals surface area contributed by atoms with Crippen LogP contribution < -0.4 is 16.4 Å². The third-order valence-corrected chi connectivity index (χ3v) is 2.79. The van der Waals surface area contributed by atoms with E-state index in [1.165, 1.54) is 0 Å². The summed E-state index contributed by atoms with van der Waals surface area (Å²) < 4.78 is 0. The summed E-state index contributed by atoms with van der Waals surface area (Å²) in [6.07, 6.45) is 2.24. The fourth-order valence-electron chi connectivity index (χ4n) is 1.74. The molecule has 1 aliphatic heterocycles. The number of rotatable bonds is 2. The molecule has 0 saturated heterocycles. The van der Waals surface area contributed by atoms with Crippen molar-refractivity contribution < 1.29 is 4.79 Å². The summed E-state index contributed by atoms with van der Waals surface area (Å²) >= 11 is 0. The average molecular weight is 217 g/mol. The predicted octanol–water partition coefficient (Wildman–Crippen LogP) is 1.10. The minimum atomic E-state index is -0.788.